The summed E-state index contributed by atoms with van der Waals surface area (Å²) in [5, 5.41) is 0. The van der Waals surface area contributed by atoms with Gasteiger partial charge in [-0.05, 0) is 55.5 Å². The fourth-order valence-corrected chi connectivity index (χ4v) is 2.23. The number of aryl methyl sites for hydroxylation is 1. The highest BCUT2D eigenvalue weighted by Crippen LogP contribution is 2.25. The van der Waals surface area contributed by atoms with E-state index in [1.54, 1.807) is 0 Å². The highest BCUT2D eigenvalue weighted by Gasteiger charge is 2.05. The smallest absolute Gasteiger partial charge is 0.122 e. The Balaban J connectivity index is 2.20. The molecule has 0 saturated carbocycles. The number of hydrogen-bond acceptors (Lipinski definition) is 1. The minimum Gasteiger partial charge on any atom is -0.493 e. The normalized spacial score (nSPS) is 11.0. The van der Waals surface area contributed by atoms with Crippen molar-refractivity contribution in [2.45, 2.75) is 34.1 Å². The maximum Gasteiger partial charge on any atom is 0.122 e. The highest BCUT2D eigenvalue weighted by molar-refractivity contribution is 5.72. The van der Waals surface area contributed by atoms with Crippen LogP contribution in [0.2, 0.25) is 0 Å². The summed E-state index contributed by atoms with van der Waals surface area (Å²) in [5.74, 6) is 1.00. The number of ether oxygens (including phenoxy) is 1. The van der Waals surface area contributed by atoms with Crippen LogP contribution in [0.15, 0.2) is 36.4 Å². The van der Waals surface area contributed by atoms with Crippen LogP contribution in [0.1, 0.15) is 41.2 Å². The molecule has 21 heavy (non-hydrogen) atoms. The van der Waals surface area contributed by atoms with Gasteiger partial charge in [0.15, 0.2) is 0 Å². The van der Waals surface area contributed by atoms with Crippen molar-refractivity contribution in [3.8, 4) is 5.75 Å². The van der Waals surface area contributed by atoms with E-state index in [0.29, 0.717) is 0 Å². The zero-order valence-corrected chi connectivity index (χ0v) is 13.4. The molecule has 0 radical (unpaired) electrons. The Hall–Kier alpha value is -2.02. The summed E-state index contributed by atoms with van der Waals surface area (Å²) in [5.41, 5.74) is 6.28. The molecule has 1 heteroatoms. The van der Waals surface area contributed by atoms with E-state index in [9.17, 15) is 0 Å². The molecule has 110 valence electrons. The van der Waals surface area contributed by atoms with Crippen molar-refractivity contribution < 1.29 is 4.74 Å². The van der Waals surface area contributed by atoms with Crippen LogP contribution in [0.5, 0.6) is 5.75 Å². The largest absolute Gasteiger partial charge is 0.493 e. The van der Waals surface area contributed by atoms with Gasteiger partial charge in [-0.1, -0.05) is 55.0 Å². The van der Waals surface area contributed by atoms with E-state index in [4.69, 9.17) is 4.74 Å². The highest BCUT2D eigenvalue weighted by atomic mass is 16.5. The van der Waals surface area contributed by atoms with Crippen molar-refractivity contribution >= 4 is 12.2 Å². The molecule has 0 saturated heterocycles. The van der Waals surface area contributed by atoms with Gasteiger partial charge in [-0.15, -0.1) is 0 Å². The van der Waals surface area contributed by atoms with Crippen LogP contribution >= 0.6 is 0 Å². The molecule has 0 bridgehead atoms. The van der Waals surface area contributed by atoms with Gasteiger partial charge in [-0.3, -0.25) is 0 Å². The molecule has 0 atom stereocenters. The van der Waals surface area contributed by atoms with Crippen molar-refractivity contribution in [1.29, 1.82) is 0 Å². The minimum atomic E-state index is 0.777. The second-order valence-corrected chi connectivity index (χ2v) is 5.50. The summed E-state index contributed by atoms with van der Waals surface area (Å²) in [6, 6.07) is 12.8. The second kappa shape index (κ2) is 7.12. The van der Waals surface area contributed by atoms with E-state index in [2.05, 4.69) is 76.2 Å². The third kappa shape index (κ3) is 3.98. The van der Waals surface area contributed by atoms with Crippen LogP contribution in [0.3, 0.4) is 0 Å². The molecule has 0 aromatic heterocycles. The fourth-order valence-electron chi connectivity index (χ4n) is 2.23. The van der Waals surface area contributed by atoms with Gasteiger partial charge < -0.3 is 4.74 Å². The summed E-state index contributed by atoms with van der Waals surface area (Å²) >= 11 is 0. The first-order valence-electron chi connectivity index (χ1n) is 7.59. The average molecular weight is 280 g/mol. The lowest BCUT2D eigenvalue weighted by molar-refractivity contribution is 0.315. The van der Waals surface area contributed by atoms with Gasteiger partial charge in [0.1, 0.15) is 5.75 Å². The van der Waals surface area contributed by atoms with Crippen LogP contribution in [-0.4, -0.2) is 6.61 Å². The van der Waals surface area contributed by atoms with Crippen molar-refractivity contribution in [1.82, 2.24) is 0 Å². The summed E-state index contributed by atoms with van der Waals surface area (Å²) < 4.78 is 5.77. The summed E-state index contributed by atoms with van der Waals surface area (Å²) in [6.07, 6.45) is 5.37. The predicted octanol–water partition coefficient (Wildman–Crippen LogP) is 5.57. The second-order valence-electron chi connectivity index (χ2n) is 5.50. The first-order valence-corrected chi connectivity index (χ1v) is 7.59. The molecule has 2 rings (SSSR count). The average Bonchev–Trinajstić information content (AvgIpc) is 2.49. The maximum absolute atomic E-state index is 5.77. The molecule has 1 nitrogen and oxygen atoms in total. The molecular weight excluding hydrogens is 256 g/mol. The lowest BCUT2D eigenvalue weighted by Gasteiger charge is -2.12. The fraction of sp³-hybridized carbons (Fsp3) is 0.300. The number of hydrogen-bond donors (Lipinski definition) is 0. The van der Waals surface area contributed by atoms with Gasteiger partial charge >= 0.3 is 0 Å². The Kier molecular flexibility index (Phi) is 5.21. The standard InChI is InChI=1S/C20H24O/c1-5-14-21-20-13-12-19(16(3)17(20)4)11-10-18-8-6-15(2)7-9-18/h6-13H,5,14H2,1-4H3. The minimum absolute atomic E-state index is 0.777. The first kappa shape index (κ1) is 15.4. The van der Waals surface area contributed by atoms with E-state index < -0.39 is 0 Å². The molecule has 0 aliphatic heterocycles. The van der Waals surface area contributed by atoms with E-state index in [0.717, 1.165) is 18.8 Å². The third-order valence-electron chi connectivity index (χ3n) is 3.77. The van der Waals surface area contributed by atoms with Crippen molar-refractivity contribution in [3.05, 3.63) is 64.2 Å². The molecule has 0 spiro atoms. The molecule has 2 aromatic rings. The summed E-state index contributed by atoms with van der Waals surface area (Å²) in [7, 11) is 0. The van der Waals surface area contributed by atoms with Crippen LogP contribution in [-0.2, 0) is 0 Å². The number of benzene rings is 2. The molecule has 0 unspecified atom stereocenters. The molecule has 0 aliphatic rings. The number of rotatable bonds is 5. The van der Waals surface area contributed by atoms with E-state index >= 15 is 0 Å². The molecule has 0 fully saturated rings. The van der Waals surface area contributed by atoms with Crippen LogP contribution in [0, 0.1) is 20.8 Å². The molecule has 0 aliphatic carbocycles. The first-order chi connectivity index (χ1) is 10.1. The molecule has 0 N–H and O–H groups in total. The Labute approximate surface area is 128 Å². The lowest BCUT2D eigenvalue weighted by Crippen LogP contribution is -1.99. The van der Waals surface area contributed by atoms with Gasteiger partial charge in [-0.2, -0.15) is 0 Å². The van der Waals surface area contributed by atoms with Crippen molar-refractivity contribution in [2.75, 3.05) is 6.61 Å². The third-order valence-corrected chi connectivity index (χ3v) is 3.77. The predicted molar refractivity (Wildman–Crippen MR) is 91.8 cm³/mol. The van der Waals surface area contributed by atoms with Crippen molar-refractivity contribution in [3.63, 3.8) is 0 Å². The van der Waals surface area contributed by atoms with Crippen LogP contribution in [0.4, 0.5) is 0 Å². The van der Waals surface area contributed by atoms with E-state index in [1.165, 1.54) is 27.8 Å². The zero-order chi connectivity index (χ0) is 15.2. The SMILES string of the molecule is CCCOc1ccc(C=Cc2ccc(C)cc2)c(C)c1C. The van der Waals surface area contributed by atoms with E-state index in [-0.39, 0.29) is 0 Å². The van der Waals surface area contributed by atoms with Gasteiger partial charge in [0.05, 0.1) is 6.61 Å². The molecule has 2 aromatic carbocycles. The molecule has 0 amide bonds. The van der Waals surface area contributed by atoms with Gasteiger partial charge in [0.2, 0.25) is 0 Å². The Morgan fingerprint density at radius 2 is 1.57 bits per heavy atom. The van der Waals surface area contributed by atoms with Crippen LogP contribution in [0.25, 0.3) is 12.2 Å². The van der Waals surface area contributed by atoms with Crippen molar-refractivity contribution in [2.24, 2.45) is 0 Å². The van der Waals surface area contributed by atoms with E-state index in [1.807, 2.05) is 0 Å². The quantitative estimate of drug-likeness (QED) is 0.650. The topological polar surface area (TPSA) is 9.23 Å². The monoisotopic (exact) mass is 280 g/mol. The Bertz CT molecular complexity index is 621. The molecular formula is C20H24O. The Morgan fingerprint density at radius 1 is 0.857 bits per heavy atom. The zero-order valence-electron chi connectivity index (χ0n) is 13.4. The lowest BCUT2D eigenvalue weighted by atomic mass is 10.0. The summed E-state index contributed by atoms with van der Waals surface area (Å²) in [6.45, 7) is 9.29. The summed E-state index contributed by atoms with van der Waals surface area (Å²) in [4.78, 5) is 0. The maximum atomic E-state index is 5.77. The van der Waals surface area contributed by atoms with Crippen LogP contribution < -0.4 is 4.74 Å². The van der Waals surface area contributed by atoms with Gasteiger partial charge in [0.25, 0.3) is 0 Å². The van der Waals surface area contributed by atoms with Gasteiger partial charge in [0, 0.05) is 0 Å². The Morgan fingerprint density at radius 3 is 2.24 bits per heavy atom. The molecule has 0 heterocycles. The van der Waals surface area contributed by atoms with Gasteiger partial charge in [-0.25, -0.2) is 0 Å².